The third-order valence-electron chi connectivity index (χ3n) is 2.96. The van der Waals surface area contributed by atoms with Crippen LogP contribution in [0.5, 0.6) is 0 Å². The molecule has 0 aromatic rings. The van der Waals surface area contributed by atoms with Gasteiger partial charge in [-0.3, -0.25) is 9.59 Å². The summed E-state index contributed by atoms with van der Waals surface area (Å²) in [5.41, 5.74) is 0. The first-order chi connectivity index (χ1) is 8.51. The van der Waals surface area contributed by atoms with E-state index in [-0.39, 0.29) is 17.9 Å². The van der Waals surface area contributed by atoms with Gasteiger partial charge in [0, 0.05) is 24.9 Å². The van der Waals surface area contributed by atoms with Crippen LogP contribution in [0, 0.1) is 5.92 Å². The molecule has 0 radical (unpaired) electrons. The molecule has 0 aromatic heterocycles. The highest BCUT2D eigenvalue weighted by Crippen LogP contribution is 2.24. The average molecular weight is 274 g/mol. The van der Waals surface area contributed by atoms with Gasteiger partial charge in [0.1, 0.15) is 0 Å². The molecule has 0 bridgehead atoms. The van der Waals surface area contributed by atoms with E-state index in [1.54, 1.807) is 0 Å². The maximum atomic E-state index is 11.8. The van der Waals surface area contributed by atoms with Gasteiger partial charge in [-0.2, -0.15) is 0 Å². The van der Waals surface area contributed by atoms with Crippen LogP contribution in [0.25, 0.3) is 0 Å². The van der Waals surface area contributed by atoms with Crippen molar-refractivity contribution >= 4 is 20.5 Å². The Balaban J connectivity index is 2.56. The zero-order valence-corrected chi connectivity index (χ0v) is 12.4. The summed E-state index contributed by atoms with van der Waals surface area (Å²) in [7, 11) is -2.69. The number of carbonyl (C=O) groups is 2. The van der Waals surface area contributed by atoms with Crippen LogP contribution in [0.15, 0.2) is 0 Å². The first kappa shape index (κ1) is 15.2. The van der Waals surface area contributed by atoms with Crippen molar-refractivity contribution in [3.8, 4) is 0 Å². The zero-order valence-electron chi connectivity index (χ0n) is 11.4. The lowest BCUT2D eigenvalue weighted by atomic mass is 10.1. The van der Waals surface area contributed by atoms with E-state index in [1.165, 1.54) is 6.92 Å². The van der Waals surface area contributed by atoms with Crippen LogP contribution in [-0.4, -0.2) is 33.7 Å². The second kappa shape index (κ2) is 6.89. The highest BCUT2D eigenvalue weighted by Gasteiger charge is 2.42. The molecule has 0 saturated carbocycles. The summed E-state index contributed by atoms with van der Waals surface area (Å²) in [6, 6.07) is 1.27. The molecule has 1 aliphatic heterocycles. The lowest BCUT2D eigenvalue weighted by Crippen LogP contribution is -2.45. The highest BCUT2D eigenvalue weighted by molar-refractivity contribution is 6.70. The van der Waals surface area contributed by atoms with Gasteiger partial charge in [-0.05, 0) is 0 Å². The van der Waals surface area contributed by atoms with Gasteiger partial charge < -0.3 is 13.6 Å². The number of rotatable bonds is 7. The maximum absolute atomic E-state index is 11.8. The standard InChI is InChI=1S/C12H22O5Si/c1-4-6-18(5-2,16-10(3)13)17-12(14)7-11-8-15-9-11/h11H,4-9H2,1-3H3. The Labute approximate surface area is 109 Å². The van der Waals surface area contributed by atoms with Gasteiger partial charge in [-0.15, -0.1) is 0 Å². The molecule has 18 heavy (non-hydrogen) atoms. The zero-order chi connectivity index (χ0) is 13.6. The fourth-order valence-corrected chi connectivity index (χ4v) is 4.65. The monoisotopic (exact) mass is 274 g/mol. The molecule has 1 heterocycles. The molecule has 0 amide bonds. The Morgan fingerprint density at radius 1 is 1.28 bits per heavy atom. The third-order valence-corrected chi connectivity index (χ3v) is 6.56. The Kier molecular flexibility index (Phi) is 5.81. The number of ether oxygens (including phenoxy) is 1. The van der Waals surface area contributed by atoms with Crippen molar-refractivity contribution in [1.82, 2.24) is 0 Å². The van der Waals surface area contributed by atoms with E-state index in [0.717, 1.165) is 6.42 Å². The lowest BCUT2D eigenvalue weighted by molar-refractivity contribution is -0.144. The number of carbonyl (C=O) groups excluding carboxylic acids is 2. The van der Waals surface area contributed by atoms with Crippen LogP contribution in [0.3, 0.4) is 0 Å². The highest BCUT2D eigenvalue weighted by atomic mass is 28.4. The maximum Gasteiger partial charge on any atom is 0.463 e. The predicted molar refractivity (Wildman–Crippen MR) is 68.1 cm³/mol. The second-order valence-corrected chi connectivity index (χ2v) is 8.13. The van der Waals surface area contributed by atoms with Crippen LogP contribution in [0.4, 0.5) is 0 Å². The SMILES string of the molecule is CCC[Si](CC)(OC(C)=O)OC(=O)CC1COC1. The molecule has 1 atom stereocenters. The first-order valence-electron chi connectivity index (χ1n) is 6.50. The van der Waals surface area contributed by atoms with Gasteiger partial charge in [-0.25, -0.2) is 0 Å². The topological polar surface area (TPSA) is 61.8 Å². The van der Waals surface area contributed by atoms with Crippen LogP contribution in [-0.2, 0) is 23.2 Å². The molecule has 0 spiro atoms. The van der Waals surface area contributed by atoms with E-state index in [2.05, 4.69) is 0 Å². The van der Waals surface area contributed by atoms with E-state index in [0.29, 0.717) is 31.7 Å². The first-order valence-corrected chi connectivity index (χ1v) is 8.73. The summed E-state index contributed by atoms with van der Waals surface area (Å²) in [6.45, 7) is 6.51. The van der Waals surface area contributed by atoms with Gasteiger partial charge in [0.2, 0.25) is 0 Å². The molecule has 0 N–H and O–H groups in total. The van der Waals surface area contributed by atoms with Crippen molar-refractivity contribution in [2.24, 2.45) is 5.92 Å². The summed E-state index contributed by atoms with van der Waals surface area (Å²) in [5, 5.41) is 0. The van der Waals surface area contributed by atoms with Gasteiger partial charge in [0.25, 0.3) is 11.9 Å². The minimum atomic E-state index is -2.69. The van der Waals surface area contributed by atoms with Crippen molar-refractivity contribution in [2.45, 2.75) is 45.7 Å². The van der Waals surface area contributed by atoms with E-state index >= 15 is 0 Å². The van der Waals surface area contributed by atoms with E-state index in [9.17, 15) is 9.59 Å². The van der Waals surface area contributed by atoms with E-state index < -0.39 is 8.56 Å². The van der Waals surface area contributed by atoms with Crippen LogP contribution in [0.2, 0.25) is 12.1 Å². The molecule has 1 saturated heterocycles. The van der Waals surface area contributed by atoms with Crippen molar-refractivity contribution in [2.75, 3.05) is 13.2 Å². The van der Waals surface area contributed by atoms with Gasteiger partial charge in [0.05, 0.1) is 19.6 Å². The Hall–Kier alpha value is -0.883. The Morgan fingerprint density at radius 2 is 1.94 bits per heavy atom. The Morgan fingerprint density at radius 3 is 2.33 bits per heavy atom. The van der Waals surface area contributed by atoms with Crippen molar-refractivity contribution < 1.29 is 23.2 Å². The predicted octanol–water partition coefficient (Wildman–Crippen LogP) is 2.00. The third kappa shape index (κ3) is 4.42. The fourth-order valence-electron chi connectivity index (χ4n) is 1.97. The molecule has 0 aromatic carbocycles. The van der Waals surface area contributed by atoms with E-state index in [1.807, 2.05) is 13.8 Å². The summed E-state index contributed by atoms with van der Waals surface area (Å²) in [4.78, 5) is 23.0. The Bertz CT molecular complexity index is 303. The average Bonchev–Trinajstić information content (AvgIpc) is 2.23. The van der Waals surface area contributed by atoms with Gasteiger partial charge in [0.15, 0.2) is 0 Å². The van der Waals surface area contributed by atoms with Gasteiger partial charge >= 0.3 is 8.56 Å². The van der Waals surface area contributed by atoms with Crippen molar-refractivity contribution in [3.63, 3.8) is 0 Å². The molecule has 6 heteroatoms. The molecule has 104 valence electrons. The number of hydrogen-bond acceptors (Lipinski definition) is 5. The molecule has 0 aliphatic carbocycles. The minimum Gasteiger partial charge on any atom is -0.485 e. The normalized spacial score (nSPS) is 18.6. The molecular weight excluding hydrogens is 252 g/mol. The summed E-state index contributed by atoms with van der Waals surface area (Å²) in [6.07, 6.45) is 1.20. The molecule has 1 rings (SSSR count). The molecular formula is C12H22O5Si. The molecule has 1 aliphatic rings. The second-order valence-electron chi connectivity index (χ2n) is 4.69. The molecule has 5 nitrogen and oxygen atoms in total. The smallest absolute Gasteiger partial charge is 0.463 e. The van der Waals surface area contributed by atoms with Crippen LogP contribution in [0.1, 0.15) is 33.6 Å². The van der Waals surface area contributed by atoms with E-state index in [4.69, 9.17) is 13.6 Å². The number of hydrogen-bond donors (Lipinski definition) is 0. The quantitative estimate of drug-likeness (QED) is 0.664. The largest absolute Gasteiger partial charge is 0.485 e. The van der Waals surface area contributed by atoms with Gasteiger partial charge in [-0.1, -0.05) is 20.3 Å². The molecule has 1 unspecified atom stereocenters. The fraction of sp³-hybridized carbons (Fsp3) is 0.833. The summed E-state index contributed by atoms with van der Waals surface area (Å²) < 4.78 is 15.9. The van der Waals surface area contributed by atoms with Crippen molar-refractivity contribution in [1.29, 1.82) is 0 Å². The van der Waals surface area contributed by atoms with Crippen LogP contribution < -0.4 is 0 Å². The lowest BCUT2D eigenvalue weighted by Gasteiger charge is -2.30. The van der Waals surface area contributed by atoms with Crippen LogP contribution >= 0.6 is 0 Å². The molecule has 1 fully saturated rings. The summed E-state index contributed by atoms with van der Waals surface area (Å²) >= 11 is 0. The van der Waals surface area contributed by atoms with Crippen molar-refractivity contribution in [3.05, 3.63) is 0 Å². The summed E-state index contributed by atoms with van der Waals surface area (Å²) in [5.74, 6) is -0.358. The minimum absolute atomic E-state index is 0.258.